The lowest BCUT2D eigenvalue weighted by molar-refractivity contribution is 0.118. The Hall–Kier alpha value is -0.0800. The van der Waals surface area contributed by atoms with E-state index in [1.165, 1.54) is 32.4 Å². The Bertz CT molecular complexity index is 145. The van der Waals surface area contributed by atoms with E-state index in [4.69, 9.17) is 5.73 Å². The number of hydrogen-bond acceptors (Lipinski definition) is 2. The predicted molar refractivity (Wildman–Crippen MR) is 57.7 cm³/mol. The van der Waals surface area contributed by atoms with E-state index in [1.807, 2.05) is 0 Å². The van der Waals surface area contributed by atoms with Gasteiger partial charge in [-0.25, -0.2) is 0 Å². The van der Waals surface area contributed by atoms with E-state index in [2.05, 4.69) is 25.7 Å². The first-order valence-electron chi connectivity index (χ1n) is 5.64. The molecule has 0 spiro atoms. The van der Waals surface area contributed by atoms with Gasteiger partial charge in [0.05, 0.1) is 0 Å². The Morgan fingerprint density at radius 1 is 1.46 bits per heavy atom. The Morgan fingerprint density at radius 3 is 2.69 bits per heavy atom. The normalized spacial score (nSPS) is 30.0. The average Bonchev–Trinajstić information content (AvgIpc) is 2.16. The van der Waals surface area contributed by atoms with Crippen molar-refractivity contribution in [1.29, 1.82) is 0 Å². The van der Waals surface area contributed by atoms with Crippen molar-refractivity contribution in [2.75, 3.05) is 13.1 Å². The quantitative estimate of drug-likeness (QED) is 0.725. The van der Waals surface area contributed by atoms with Crippen molar-refractivity contribution in [3.05, 3.63) is 0 Å². The molecule has 0 radical (unpaired) electrons. The lowest BCUT2D eigenvalue weighted by Crippen LogP contribution is -2.48. The second kappa shape index (κ2) is 4.97. The maximum Gasteiger partial charge on any atom is 0.0216 e. The summed E-state index contributed by atoms with van der Waals surface area (Å²) in [6.07, 6.45) is 4.09. The van der Waals surface area contributed by atoms with E-state index >= 15 is 0 Å². The lowest BCUT2D eigenvalue weighted by atomic mass is 9.94. The maximum absolute atomic E-state index is 5.91. The van der Waals surface area contributed by atoms with Crippen molar-refractivity contribution in [3.8, 4) is 0 Å². The molecule has 0 saturated carbocycles. The van der Waals surface area contributed by atoms with Gasteiger partial charge in [-0.05, 0) is 39.2 Å². The number of rotatable bonds is 3. The molecule has 1 saturated heterocycles. The summed E-state index contributed by atoms with van der Waals surface area (Å²) in [5.74, 6) is 0.912. The van der Waals surface area contributed by atoms with E-state index in [9.17, 15) is 0 Å². The molecule has 2 heteroatoms. The summed E-state index contributed by atoms with van der Waals surface area (Å²) in [6, 6.07) is 0.852. The van der Waals surface area contributed by atoms with Crippen molar-refractivity contribution >= 4 is 0 Å². The highest BCUT2D eigenvalue weighted by molar-refractivity contribution is 4.80. The number of nitrogens with zero attached hydrogens (tertiary/aromatic N) is 1. The van der Waals surface area contributed by atoms with Crippen molar-refractivity contribution in [1.82, 2.24) is 4.90 Å². The van der Waals surface area contributed by atoms with Crippen LogP contribution in [-0.4, -0.2) is 30.1 Å². The highest BCUT2D eigenvalue weighted by Gasteiger charge is 2.23. The zero-order valence-electron chi connectivity index (χ0n) is 9.29. The van der Waals surface area contributed by atoms with E-state index in [1.54, 1.807) is 0 Å². The fourth-order valence-corrected chi connectivity index (χ4v) is 2.13. The Morgan fingerprint density at radius 2 is 2.15 bits per heavy atom. The Balaban J connectivity index is 2.41. The third kappa shape index (κ3) is 2.96. The van der Waals surface area contributed by atoms with Crippen LogP contribution in [0.5, 0.6) is 0 Å². The highest BCUT2D eigenvalue weighted by Crippen LogP contribution is 2.21. The second-order valence-electron chi connectivity index (χ2n) is 4.51. The standard InChI is InChI=1S/C11H24N2/c1-4-11-6-5-7-13(8-11)10(3)9(2)12/h9-11H,4-8,12H2,1-3H3. The third-order valence-electron chi connectivity index (χ3n) is 3.46. The molecular weight excluding hydrogens is 160 g/mol. The van der Waals surface area contributed by atoms with E-state index in [0.717, 1.165) is 5.92 Å². The van der Waals surface area contributed by atoms with Crippen molar-refractivity contribution < 1.29 is 0 Å². The van der Waals surface area contributed by atoms with E-state index in [0.29, 0.717) is 12.1 Å². The fraction of sp³-hybridized carbons (Fsp3) is 1.00. The second-order valence-corrected chi connectivity index (χ2v) is 4.51. The van der Waals surface area contributed by atoms with Gasteiger partial charge in [0, 0.05) is 18.6 Å². The molecule has 1 rings (SSSR count). The molecule has 0 bridgehead atoms. The van der Waals surface area contributed by atoms with Gasteiger partial charge in [-0.2, -0.15) is 0 Å². The smallest absolute Gasteiger partial charge is 0.0216 e. The van der Waals surface area contributed by atoms with Crippen LogP contribution in [0.3, 0.4) is 0 Å². The molecule has 1 heterocycles. The van der Waals surface area contributed by atoms with Gasteiger partial charge in [-0.1, -0.05) is 13.3 Å². The monoisotopic (exact) mass is 184 g/mol. The minimum atomic E-state index is 0.301. The van der Waals surface area contributed by atoms with Gasteiger partial charge in [-0.15, -0.1) is 0 Å². The first-order valence-corrected chi connectivity index (χ1v) is 5.64. The van der Waals surface area contributed by atoms with Crippen LogP contribution in [0, 0.1) is 5.92 Å². The zero-order chi connectivity index (χ0) is 9.84. The molecule has 1 aliphatic rings. The fourth-order valence-electron chi connectivity index (χ4n) is 2.13. The molecule has 0 aromatic rings. The van der Waals surface area contributed by atoms with Gasteiger partial charge in [-0.3, -0.25) is 4.90 Å². The number of hydrogen-bond donors (Lipinski definition) is 1. The Kier molecular flexibility index (Phi) is 4.20. The molecular formula is C11H24N2. The summed E-state index contributed by atoms with van der Waals surface area (Å²) in [7, 11) is 0. The minimum absolute atomic E-state index is 0.301. The zero-order valence-corrected chi connectivity index (χ0v) is 9.29. The van der Waals surface area contributed by atoms with Gasteiger partial charge in [0.2, 0.25) is 0 Å². The summed E-state index contributed by atoms with van der Waals surface area (Å²) in [5.41, 5.74) is 5.91. The first-order chi connectivity index (χ1) is 6.15. The summed E-state index contributed by atoms with van der Waals surface area (Å²) in [6.45, 7) is 9.17. The molecule has 0 aliphatic carbocycles. The number of likely N-dealkylation sites (tertiary alicyclic amines) is 1. The van der Waals surface area contributed by atoms with Crippen LogP contribution >= 0.6 is 0 Å². The summed E-state index contributed by atoms with van der Waals surface area (Å²) >= 11 is 0. The molecule has 13 heavy (non-hydrogen) atoms. The SMILES string of the molecule is CCC1CCCN(C(C)C(C)N)C1. The molecule has 1 aliphatic heterocycles. The van der Waals surface area contributed by atoms with E-state index < -0.39 is 0 Å². The summed E-state index contributed by atoms with van der Waals surface area (Å²) < 4.78 is 0. The predicted octanol–water partition coefficient (Wildman–Crippen LogP) is 1.84. The van der Waals surface area contributed by atoms with Crippen LogP contribution in [-0.2, 0) is 0 Å². The first kappa shape index (κ1) is 11.0. The van der Waals surface area contributed by atoms with Crippen molar-refractivity contribution in [2.24, 2.45) is 11.7 Å². The van der Waals surface area contributed by atoms with Gasteiger partial charge in [0.15, 0.2) is 0 Å². The van der Waals surface area contributed by atoms with Crippen LogP contribution in [0.15, 0.2) is 0 Å². The van der Waals surface area contributed by atoms with Crippen LogP contribution in [0.25, 0.3) is 0 Å². The molecule has 0 aromatic carbocycles. The van der Waals surface area contributed by atoms with Crippen LogP contribution in [0.4, 0.5) is 0 Å². The lowest BCUT2D eigenvalue weighted by Gasteiger charge is -2.38. The molecule has 78 valence electrons. The van der Waals surface area contributed by atoms with Crippen molar-refractivity contribution in [2.45, 2.75) is 52.1 Å². The van der Waals surface area contributed by atoms with Crippen LogP contribution in [0.1, 0.15) is 40.0 Å². The Labute approximate surface area is 82.5 Å². The number of nitrogens with two attached hydrogens (primary N) is 1. The molecule has 3 unspecified atom stereocenters. The summed E-state index contributed by atoms with van der Waals surface area (Å²) in [4.78, 5) is 2.56. The topological polar surface area (TPSA) is 29.3 Å². The van der Waals surface area contributed by atoms with Gasteiger partial charge >= 0.3 is 0 Å². The van der Waals surface area contributed by atoms with Crippen molar-refractivity contribution in [3.63, 3.8) is 0 Å². The van der Waals surface area contributed by atoms with Crippen LogP contribution < -0.4 is 5.73 Å². The number of piperidine rings is 1. The molecule has 0 amide bonds. The average molecular weight is 184 g/mol. The van der Waals surface area contributed by atoms with E-state index in [-0.39, 0.29) is 0 Å². The largest absolute Gasteiger partial charge is 0.327 e. The molecule has 3 atom stereocenters. The molecule has 1 fully saturated rings. The van der Waals surface area contributed by atoms with Gasteiger partial charge < -0.3 is 5.73 Å². The van der Waals surface area contributed by atoms with Gasteiger partial charge in [0.25, 0.3) is 0 Å². The summed E-state index contributed by atoms with van der Waals surface area (Å²) in [5, 5.41) is 0. The maximum atomic E-state index is 5.91. The highest BCUT2D eigenvalue weighted by atomic mass is 15.2. The van der Waals surface area contributed by atoms with Crippen LogP contribution in [0.2, 0.25) is 0 Å². The third-order valence-corrected chi connectivity index (χ3v) is 3.46. The molecule has 2 N–H and O–H groups in total. The molecule has 0 aromatic heterocycles. The van der Waals surface area contributed by atoms with Gasteiger partial charge in [0.1, 0.15) is 0 Å². The molecule has 2 nitrogen and oxygen atoms in total. The minimum Gasteiger partial charge on any atom is -0.327 e.